The highest BCUT2D eigenvalue weighted by Gasteiger charge is 2.25. The molecule has 0 aromatic carbocycles. The minimum Gasteiger partial charge on any atom is -0.396 e. The van der Waals surface area contributed by atoms with E-state index in [-0.39, 0.29) is 18.6 Å². The molecule has 1 saturated heterocycles. The van der Waals surface area contributed by atoms with Crippen LogP contribution in [0.3, 0.4) is 0 Å². The fraction of sp³-hybridized carbons (Fsp3) is 0.545. The summed E-state index contributed by atoms with van der Waals surface area (Å²) in [6.45, 7) is 2.14. The lowest BCUT2D eigenvalue weighted by Gasteiger charge is -2.16. The lowest BCUT2D eigenvalue weighted by molar-refractivity contribution is 0.198. The molecule has 2 amide bonds. The molecule has 0 bridgehead atoms. The lowest BCUT2D eigenvalue weighted by atomic mass is 10.1. The molecular weight excluding hydrogens is 304 g/mol. The van der Waals surface area contributed by atoms with Gasteiger partial charge in [0.25, 0.3) is 0 Å². The molecule has 1 aromatic rings. The number of urea groups is 1. The molecule has 0 radical (unpaired) electrons. The van der Waals surface area contributed by atoms with Crippen LogP contribution in [0.4, 0.5) is 4.79 Å². The molecule has 4 nitrogen and oxygen atoms in total. The number of likely N-dealkylation sites (tertiary alicyclic amines) is 1. The van der Waals surface area contributed by atoms with E-state index in [0.717, 1.165) is 21.6 Å². The first kappa shape index (κ1) is 12.9. The zero-order valence-electron chi connectivity index (χ0n) is 9.36. The third kappa shape index (κ3) is 3.43. The van der Waals surface area contributed by atoms with E-state index in [1.165, 1.54) is 0 Å². The molecule has 0 saturated carbocycles. The largest absolute Gasteiger partial charge is 0.396 e. The number of carbonyl (C=O) groups is 1. The molecular formula is C11H15BrN2O2S. The van der Waals surface area contributed by atoms with Gasteiger partial charge in [-0.25, -0.2) is 4.79 Å². The van der Waals surface area contributed by atoms with E-state index in [9.17, 15) is 4.79 Å². The second-order valence-corrected chi connectivity index (χ2v) is 6.70. The highest BCUT2D eigenvalue weighted by molar-refractivity contribution is 9.11. The van der Waals surface area contributed by atoms with Crippen LogP contribution in [0.5, 0.6) is 0 Å². The molecule has 2 rings (SSSR count). The Bertz CT molecular complexity index is 397. The Morgan fingerprint density at radius 2 is 2.47 bits per heavy atom. The minimum absolute atomic E-state index is 0.0366. The van der Waals surface area contributed by atoms with Gasteiger partial charge in [0.15, 0.2) is 0 Å². The molecule has 0 spiro atoms. The smallest absolute Gasteiger partial charge is 0.317 e. The molecule has 94 valence electrons. The molecule has 2 N–H and O–H groups in total. The fourth-order valence-electron chi connectivity index (χ4n) is 1.89. The van der Waals surface area contributed by atoms with Gasteiger partial charge in [-0.1, -0.05) is 0 Å². The van der Waals surface area contributed by atoms with Crippen LogP contribution in [-0.2, 0) is 6.54 Å². The monoisotopic (exact) mass is 318 g/mol. The SMILES string of the molecule is O=C(NCc1ccc(Br)s1)N1CCC(CO)C1. The van der Waals surface area contributed by atoms with E-state index in [0.29, 0.717) is 13.1 Å². The maximum absolute atomic E-state index is 11.8. The van der Waals surface area contributed by atoms with Crippen LogP contribution in [0, 0.1) is 5.92 Å². The maximum atomic E-state index is 11.8. The molecule has 1 aromatic heterocycles. The van der Waals surface area contributed by atoms with E-state index in [4.69, 9.17) is 5.11 Å². The van der Waals surface area contributed by atoms with Crippen LogP contribution in [0.25, 0.3) is 0 Å². The first-order chi connectivity index (χ1) is 8.19. The van der Waals surface area contributed by atoms with Crippen molar-refractivity contribution in [3.05, 3.63) is 20.8 Å². The standard InChI is InChI=1S/C11H15BrN2O2S/c12-10-2-1-9(17-10)5-13-11(16)14-4-3-8(6-14)7-15/h1-2,8,15H,3-7H2,(H,13,16). The molecule has 0 aliphatic carbocycles. The van der Waals surface area contributed by atoms with Crippen LogP contribution in [0.15, 0.2) is 15.9 Å². The fourth-order valence-corrected chi connectivity index (χ4v) is 3.31. The summed E-state index contributed by atoms with van der Waals surface area (Å²) in [5.41, 5.74) is 0. The molecule has 6 heteroatoms. The Hall–Kier alpha value is -0.590. The van der Waals surface area contributed by atoms with Crippen LogP contribution < -0.4 is 5.32 Å². The van der Waals surface area contributed by atoms with E-state index in [2.05, 4.69) is 21.2 Å². The topological polar surface area (TPSA) is 52.6 Å². The van der Waals surface area contributed by atoms with Crippen molar-refractivity contribution in [1.82, 2.24) is 10.2 Å². The number of nitrogens with one attached hydrogen (secondary N) is 1. The van der Waals surface area contributed by atoms with Gasteiger partial charge in [-0.2, -0.15) is 0 Å². The summed E-state index contributed by atoms with van der Waals surface area (Å²) in [6.07, 6.45) is 0.897. The molecule has 1 aliphatic heterocycles. The Labute approximate surface area is 113 Å². The Balaban J connectivity index is 1.78. The Morgan fingerprint density at radius 1 is 1.65 bits per heavy atom. The summed E-state index contributed by atoms with van der Waals surface area (Å²) in [4.78, 5) is 14.7. The Morgan fingerprint density at radius 3 is 3.06 bits per heavy atom. The average Bonchev–Trinajstić information content (AvgIpc) is 2.94. The molecule has 1 atom stereocenters. The van der Waals surface area contributed by atoms with Crippen molar-refractivity contribution in [3.63, 3.8) is 0 Å². The van der Waals surface area contributed by atoms with Crippen molar-refractivity contribution in [2.45, 2.75) is 13.0 Å². The number of amides is 2. The van der Waals surface area contributed by atoms with Crippen LogP contribution in [0.2, 0.25) is 0 Å². The first-order valence-electron chi connectivity index (χ1n) is 5.57. The molecule has 1 fully saturated rings. The van der Waals surface area contributed by atoms with E-state index in [1.807, 2.05) is 12.1 Å². The van der Waals surface area contributed by atoms with Gasteiger partial charge in [-0.05, 0) is 34.5 Å². The number of carbonyl (C=O) groups excluding carboxylic acids is 1. The molecule has 2 heterocycles. The quantitative estimate of drug-likeness (QED) is 0.896. The second-order valence-electron chi connectivity index (χ2n) is 4.15. The number of thiophene rings is 1. The van der Waals surface area contributed by atoms with Crippen molar-refractivity contribution in [1.29, 1.82) is 0 Å². The highest BCUT2D eigenvalue weighted by atomic mass is 79.9. The van der Waals surface area contributed by atoms with Crippen LogP contribution in [-0.4, -0.2) is 35.7 Å². The molecule has 1 unspecified atom stereocenters. The van der Waals surface area contributed by atoms with Crippen molar-refractivity contribution in [3.8, 4) is 0 Å². The van der Waals surface area contributed by atoms with Gasteiger partial charge in [0.05, 0.1) is 10.3 Å². The normalized spacial score (nSPS) is 19.6. The molecule has 1 aliphatic rings. The third-order valence-corrected chi connectivity index (χ3v) is 4.50. The first-order valence-corrected chi connectivity index (χ1v) is 7.18. The third-order valence-electron chi connectivity index (χ3n) is 2.87. The van der Waals surface area contributed by atoms with Crippen molar-refractivity contribution in [2.24, 2.45) is 5.92 Å². The predicted molar refractivity (Wildman–Crippen MR) is 71.0 cm³/mol. The number of rotatable bonds is 3. The van der Waals surface area contributed by atoms with Gasteiger partial charge >= 0.3 is 6.03 Å². The van der Waals surface area contributed by atoms with Crippen molar-refractivity contribution in [2.75, 3.05) is 19.7 Å². The second kappa shape index (κ2) is 5.84. The number of aliphatic hydroxyl groups excluding tert-OH is 1. The zero-order chi connectivity index (χ0) is 12.3. The summed E-state index contributed by atoms with van der Waals surface area (Å²) in [6, 6.07) is 3.93. The Kier molecular flexibility index (Phi) is 4.42. The highest BCUT2D eigenvalue weighted by Crippen LogP contribution is 2.22. The summed E-state index contributed by atoms with van der Waals surface area (Å²) >= 11 is 5.01. The van der Waals surface area contributed by atoms with Gasteiger partial charge in [-0.3, -0.25) is 0 Å². The number of hydrogen-bond acceptors (Lipinski definition) is 3. The number of hydrogen-bond donors (Lipinski definition) is 2. The van der Waals surface area contributed by atoms with Crippen molar-refractivity contribution < 1.29 is 9.90 Å². The number of aliphatic hydroxyl groups is 1. The summed E-state index contributed by atoms with van der Waals surface area (Å²) in [5, 5.41) is 11.9. The number of nitrogens with zero attached hydrogens (tertiary/aromatic N) is 1. The van der Waals surface area contributed by atoms with Gasteiger partial charge in [0.1, 0.15) is 0 Å². The van der Waals surface area contributed by atoms with Crippen LogP contribution in [0.1, 0.15) is 11.3 Å². The summed E-state index contributed by atoms with van der Waals surface area (Å²) in [5.74, 6) is 0.247. The summed E-state index contributed by atoms with van der Waals surface area (Å²) in [7, 11) is 0. The summed E-state index contributed by atoms with van der Waals surface area (Å²) < 4.78 is 1.07. The molecule has 17 heavy (non-hydrogen) atoms. The van der Waals surface area contributed by atoms with Crippen molar-refractivity contribution >= 4 is 33.3 Å². The minimum atomic E-state index is -0.0366. The predicted octanol–water partition coefficient (Wildman–Crippen LogP) is 2.03. The van der Waals surface area contributed by atoms with Gasteiger partial charge in [0.2, 0.25) is 0 Å². The van der Waals surface area contributed by atoms with E-state index < -0.39 is 0 Å². The van der Waals surface area contributed by atoms with Crippen LogP contribution >= 0.6 is 27.3 Å². The van der Waals surface area contributed by atoms with E-state index in [1.54, 1.807) is 16.2 Å². The zero-order valence-corrected chi connectivity index (χ0v) is 11.8. The van der Waals surface area contributed by atoms with Gasteiger partial charge in [0, 0.05) is 30.5 Å². The van der Waals surface area contributed by atoms with Gasteiger partial charge < -0.3 is 15.3 Å². The number of halogens is 1. The lowest BCUT2D eigenvalue weighted by Crippen LogP contribution is -2.38. The van der Waals surface area contributed by atoms with E-state index >= 15 is 0 Å². The van der Waals surface area contributed by atoms with Gasteiger partial charge in [-0.15, -0.1) is 11.3 Å². The maximum Gasteiger partial charge on any atom is 0.317 e. The average molecular weight is 319 g/mol.